The Labute approximate surface area is 163 Å². The smallest absolute Gasteiger partial charge is 0.243 e. The minimum absolute atomic E-state index is 0.0460. The topological polar surface area (TPSA) is 67.9 Å². The third-order valence-electron chi connectivity index (χ3n) is 5.01. The molecule has 4 rings (SSSR count). The fraction of sp³-hybridized carbons (Fsp3) is 0.400. The molecule has 0 saturated carbocycles. The fourth-order valence-electron chi connectivity index (χ4n) is 3.32. The van der Waals surface area contributed by atoms with Gasteiger partial charge in [-0.2, -0.15) is 4.98 Å². The maximum atomic E-state index is 5.94. The van der Waals surface area contributed by atoms with E-state index in [1.54, 1.807) is 0 Å². The molecule has 1 aliphatic rings. The summed E-state index contributed by atoms with van der Waals surface area (Å²) < 4.78 is 5.55. The van der Waals surface area contributed by atoms with Crippen LogP contribution in [0, 0.1) is 0 Å². The van der Waals surface area contributed by atoms with Gasteiger partial charge in [0.05, 0.1) is 11.7 Å². The lowest BCUT2D eigenvalue weighted by molar-refractivity contribution is 0.155. The summed E-state index contributed by atoms with van der Waals surface area (Å²) in [6.45, 7) is 5.89. The minimum Gasteiger partial charge on any atom is -0.338 e. The molecule has 1 aromatic carbocycles. The summed E-state index contributed by atoms with van der Waals surface area (Å²) in [7, 11) is 0. The molecule has 0 bridgehead atoms. The van der Waals surface area contributed by atoms with E-state index in [2.05, 4.69) is 33.9 Å². The summed E-state index contributed by atoms with van der Waals surface area (Å²) in [5, 5.41) is 4.87. The molecule has 0 aliphatic carbocycles. The molecule has 140 valence electrons. The summed E-state index contributed by atoms with van der Waals surface area (Å²) in [4.78, 5) is 16.0. The Balaban J connectivity index is 1.46. The first-order valence-corrected chi connectivity index (χ1v) is 9.65. The maximum absolute atomic E-state index is 5.94. The van der Waals surface area contributed by atoms with Gasteiger partial charge in [-0.1, -0.05) is 35.8 Å². The molecule has 0 N–H and O–H groups in total. The number of hydrogen-bond acceptors (Lipinski definition) is 6. The second-order valence-electron chi connectivity index (χ2n) is 6.86. The van der Waals surface area contributed by atoms with Crippen LogP contribution in [0.15, 0.2) is 35.0 Å². The van der Waals surface area contributed by atoms with Crippen LogP contribution in [0.4, 0.5) is 0 Å². The van der Waals surface area contributed by atoms with Crippen LogP contribution in [0.1, 0.15) is 54.2 Å². The highest BCUT2D eigenvalue weighted by Gasteiger charge is 2.26. The number of benzene rings is 1. The van der Waals surface area contributed by atoms with E-state index in [-0.39, 0.29) is 6.04 Å². The van der Waals surface area contributed by atoms with E-state index in [9.17, 15) is 0 Å². The van der Waals surface area contributed by atoms with Crippen molar-refractivity contribution in [1.82, 2.24) is 25.0 Å². The zero-order valence-corrected chi connectivity index (χ0v) is 16.3. The first-order valence-electron chi connectivity index (χ1n) is 9.27. The second kappa shape index (κ2) is 7.74. The van der Waals surface area contributed by atoms with E-state index in [1.165, 1.54) is 5.56 Å². The van der Waals surface area contributed by atoms with Crippen molar-refractivity contribution in [3.63, 3.8) is 0 Å². The van der Waals surface area contributed by atoms with Crippen molar-refractivity contribution in [1.29, 1.82) is 0 Å². The SMILES string of the molecule is CCc1ncc2c(n1)CN(C(C)c1nc(Cc3ccc(Cl)cc3)no1)CC2. The van der Waals surface area contributed by atoms with Gasteiger partial charge in [-0.05, 0) is 36.6 Å². The normalized spacial score (nSPS) is 15.5. The highest BCUT2D eigenvalue weighted by Crippen LogP contribution is 2.26. The van der Waals surface area contributed by atoms with Crippen molar-refractivity contribution in [2.45, 2.75) is 45.7 Å². The van der Waals surface area contributed by atoms with Gasteiger partial charge in [0.25, 0.3) is 0 Å². The molecule has 1 atom stereocenters. The predicted octanol–water partition coefficient (Wildman–Crippen LogP) is 3.79. The number of halogens is 1. The highest BCUT2D eigenvalue weighted by atomic mass is 35.5. The Bertz CT molecular complexity index is 924. The van der Waals surface area contributed by atoms with Crippen LogP contribution >= 0.6 is 11.6 Å². The van der Waals surface area contributed by atoms with Gasteiger partial charge in [-0.25, -0.2) is 9.97 Å². The summed E-state index contributed by atoms with van der Waals surface area (Å²) in [6.07, 6.45) is 4.39. The molecule has 1 unspecified atom stereocenters. The van der Waals surface area contributed by atoms with Crippen LogP contribution in [-0.4, -0.2) is 31.6 Å². The van der Waals surface area contributed by atoms with Gasteiger partial charge in [0, 0.05) is 37.2 Å². The molecule has 0 saturated heterocycles. The van der Waals surface area contributed by atoms with E-state index in [1.807, 2.05) is 30.5 Å². The van der Waals surface area contributed by atoms with E-state index < -0.39 is 0 Å². The van der Waals surface area contributed by atoms with Crippen molar-refractivity contribution < 1.29 is 4.52 Å². The monoisotopic (exact) mass is 383 g/mol. The lowest BCUT2D eigenvalue weighted by Gasteiger charge is -2.31. The maximum Gasteiger partial charge on any atom is 0.243 e. The molecule has 3 aromatic rings. The Kier molecular flexibility index (Phi) is 5.18. The van der Waals surface area contributed by atoms with Gasteiger partial charge in [-0.3, -0.25) is 4.90 Å². The number of aryl methyl sites for hydroxylation is 1. The molecular formula is C20H22ClN5O. The number of rotatable bonds is 5. The number of nitrogens with zero attached hydrogens (tertiary/aromatic N) is 5. The van der Waals surface area contributed by atoms with E-state index in [4.69, 9.17) is 21.1 Å². The first kappa shape index (κ1) is 18.1. The molecule has 27 heavy (non-hydrogen) atoms. The zero-order valence-electron chi connectivity index (χ0n) is 15.5. The summed E-state index contributed by atoms with van der Waals surface area (Å²) >= 11 is 5.94. The quantitative estimate of drug-likeness (QED) is 0.667. The molecule has 7 heteroatoms. The van der Waals surface area contributed by atoms with Crippen LogP contribution in [0.2, 0.25) is 5.02 Å². The third kappa shape index (κ3) is 4.01. The van der Waals surface area contributed by atoms with Crippen LogP contribution in [0.5, 0.6) is 0 Å². The standard InChI is InChI=1S/C20H22ClN5O/c1-3-18-22-11-15-8-9-26(12-17(15)23-18)13(2)20-24-19(25-27-20)10-14-4-6-16(21)7-5-14/h4-7,11,13H,3,8-10,12H2,1-2H3. The Morgan fingerprint density at radius 3 is 2.78 bits per heavy atom. The van der Waals surface area contributed by atoms with Crippen LogP contribution < -0.4 is 0 Å². The molecule has 0 fully saturated rings. The molecule has 6 nitrogen and oxygen atoms in total. The van der Waals surface area contributed by atoms with Crippen LogP contribution in [0.3, 0.4) is 0 Å². The first-order chi connectivity index (χ1) is 13.1. The van der Waals surface area contributed by atoms with Crippen LogP contribution in [-0.2, 0) is 25.8 Å². The summed E-state index contributed by atoms with van der Waals surface area (Å²) in [6, 6.07) is 7.75. The average Bonchev–Trinajstić information content (AvgIpc) is 3.16. The van der Waals surface area contributed by atoms with E-state index >= 15 is 0 Å². The van der Waals surface area contributed by atoms with Gasteiger partial charge < -0.3 is 4.52 Å². The second-order valence-corrected chi connectivity index (χ2v) is 7.30. The molecule has 3 heterocycles. The molecule has 0 amide bonds. The Morgan fingerprint density at radius 1 is 1.19 bits per heavy atom. The van der Waals surface area contributed by atoms with Crippen LogP contribution in [0.25, 0.3) is 0 Å². The Hall–Kier alpha value is -2.31. The van der Waals surface area contributed by atoms with E-state index in [0.29, 0.717) is 18.1 Å². The molecule has 2 aromatic heterocycles. The summed E-state index contributed by atoms with van der Waals surface area (Å²) in [5.41, 5.74) is 3.46. The lowest BCUT2D eigenvalue weighted by Crippen LogP contribution is -2.34. The van der Waals surface area contributed by atoms with Gasteiger partial charge in [0.1, 0.15) is 5.82 Å². The largest absolute Gasteiger partial charge is 0.338 e. The van der Waals surface area contributed by atoms with Crippen molar-refractivity contribution in [3.05, 3.63) is 69.8 Å². The van der Waals surface area contributed by atoms with Crippen molar-refractivity contribution in [3.8, 4) is 0 Å². The molecule has 1 aliphatic heterocycles. The minimum atomic E-state index is 0.0460. The van der Waals surface area contributed by atoms with Gasteiger partial charge in [0.15, 0.2) is 5.82 Å². The molecule has 0 radical (unpaired) electrons. The highest BCUT2D eigenvalue weighted by molar-refractivity contribution is 6.30. The number of hydrogen-bond donors (Lipinski definition) is 0. The lowest BCUT2D eigenvalue weighted by atomic mass is 10.0. The van der Waals surface area contributed by atoms with Crippen molar-refractivity contribution in [2.75, 3.05) is 6.54 Å². The average molecular weight is 384 g/mol. The van der Waals surface area contributed by atoms with Crippen molar-refractivity contribution in [2.24, 2.45) is 0 Å². The number of fused-ring (bicyclic) bond motifs is 1. The van der Waals surface area contributed by atoms with Gasteiger partial charge in [-0.15, -0.1) is 0 Å². The van der Waals surface area contributed by atoms with Gasteiger partial charge in [0.2, 0.25) is 5.89 Å². The fourth-order valence-corrected chi connectivity index (χ4v) is 3.44. The summed E-state index contributed by atoms with van der Waals surface area (Å²) in [5.74, 6) is 2.23. The van der Waals surface area contributed by atoms with E-state index in [0.717, 1.165) is 48.0 Å². The molecular weight excluding hydrogens is 362 g/mol. The van der Waals surface area contributed by atoms with Gasteiger partial charge >= 0.3 is 0 Å². The predicted molar refractivity (Wildman–Crippen MR) is 102 cm³/mol. The van der Waals surface area contributed by atoms with Crippen molar-refractivity contribution >= 4 is 11.6 Å². The molecule has 0 spiro atoms. The zero-order chi connectivity index (χ0) is 18.8. The Morgan fingerprint density at radius 2 is 2.00 bits per heavy atom. The third-order valence-corrected chi connectivity index (χ3v) is 5.26. The number of aromatic nitrogens is 4.